The summed E-state index contributed by atoms with van der Waals surface area (Å²) < 4.78 is 116. The summed E-state index contributed by atoms with van der Waals surface area (Å²) in [5.74, 6) is -17.5. The van der Waals surface area contributed by atoms with Gasteiger partial charge in [0.2, 0.25) is 29.5 Å². The van der Waals surface area contributed by atoms with E-state index in [1.165, 1.54) is 53.4 Å². The number of rotatable bonds is 47. The van der Waals surface area contributed by atoms with E-state index >= 15 is 0 Å². The van der Waals surface area contributed by atoms with Crippen LogP contribution in [-0.2, 0) is 220 Å². The quantitative estimate of drug-likeness (QED) is 0.0189. The van der Waals surface area contributed by atoms with Crippen molar-refractivity contribution in [2.75, 3.05) is 46.2 Å². The number of ether oxygens (including phenoxy) is 20. The standard InChI is InChI=1S/C88H113N15O39/c1-43(104)126-40-66-72(130-46(4)107)75(133-49(7)110)78(136-52(10)113)84(139-66)123-27-24-101-36-55(95-98-101)33-89-81(119)63(30-69(116)93-65(32-71(118)142-88(13,14)15)83(121)91-35-57-38-103(100-97-57)26-29-125-86-80(138-54(12)115)77(135-51(9)112)74(132-48(6)109)68(141-86)42-128-45(3)106)92-70(117)31-64(94-87(122)129-39-62-60-22-18-16-20-58(60)59-21-17-19-23-61(59)62)82(120)90-34-56-37-102(99-96-56)25-28-124-85-79(137-53(11)114)76(134-50(8)111)73(131-47(5)108)67(140-85)41-127-44(2)105/h16-23,36-38,62-68,72-80,84-86H,24-35,39-42H2,1-15H3,(H,89,119)(H,90,120)(H,91,121)(H,92,117)(H,93,116)(H,94,122)/t63-,64-,65-,66+,67+,68+,72+,73+,74+,75-,76-,77-,78-,79-,80-,84-,85-,86-/m0/s1. The van der Waals surface area contributed by atoms with Gasteiger partial charge in [0.05, 0.1) is 96.9 Å². The number of nitrogens with zero attached hydrogens (tertiary/aromatic N) is 9. The summed E-state index contributed by atoms with van der Waals surface area (Å²) in [6.45, 7) is 12.3. The van der Waals surface area contributed by atoms with E-state index in [1.54, 1.807) is 12.1 Å². The maximum Gasteiger partial charge on any atom is 0.407 e. The zero-order chi connectivity index (χ0) is 104. The second-order valence-corrected chi connectivity index (χ2v) is 33.3. The Kier molecular flexibility index (Phi) is 41.1. The fraction of sp³-hybridized carbons (Fsp3) is 0.580. The predicted molar refractivity (Wildman–Crippen MR) is 465 cm³/mol. The summed E-state index contributed by atoms with van der Waals surface area (Å²) in [6, 6.07) is 9.00. The van der Waals surface area contributed by atoms with Crippen molar-refractivity contribution >= 4 is 113 Å². The Labute approximate surface area is 809 Å². The van der Waals surface area contributed by atoms with Crippen molar-refractivity contribution in [1.82, 2.24) is 76.9 Å². The largest absolute Gasteiger partial charge is 0.463 e. The predicted octanol–water partition coefficient (Wildman–Crippen LogP) is -1.60. The highest BCUT2D eigenvalue weighted by Gasteiger charge is 2.56. The molecule has 54 heteroatoms. The molecule has 5 aromatic rings. The second-order valence-electron chi connectivity index (χ2n) is 33.3. The number of nitrogens with one attached hydrogen (secondary N) is 6. The Morgan fingerprint density at radius 1 is 0.345 bits per heavy atom. The topological polar surface area (TPSA) is 673 Å². The van der Waals surface area contributed by atoms with Gasteiger partial charge in [0.25, 0.3) is 0 Å². The molecule has 2 aromatic carbocycles. The number of carbonyl (C=O) groups excluding carboxylic acids is 19. The highest BCUT2D eigenvalue weighted by molar-refractivity contribution is 5.97. The first-order chi connectivity index (χ1) is 67.2. The Hall–Kier alpha value is -14.7. The summed E-state index contributed by atoms with van der Waals surface area (Å²) in [5, 5.41) is 39.5. The van der Waals surface area contributed by atoms with Crippen molar-refractivity contribution in [3.8, 4) is 11.1 Å². The number of esters is 13. The molecule has 3 aliphatic heterocycles. The van der Waals surface area contributed by atoms with Crippen molar-refractivity contribution in [1.29, 1.82) is 0 Å². The number of aromatic nitrogens is 9. The van der Waals surface area contributed by atoms with Gasteiger partial charge in [-0.2, -0.15) is 0 Å². The third-order valence-electron chi connectivity index (χ3n) is 20.6. The number of hydrogen-bond donors (Lipinski definition) is 6. The van der Waals surface area contributed by atoms with Gasteiger partial charge in [-0.3, -0.25) is 86.3 Å². The van der Waals surface area contributed by atoms with E-state index in [-0.39, 0.29) is 63.1 Å². The third-order valence-corrected chi connectivity index (χ3v) is 20.6. The molecule has 9 rings (SSSR count). The van der Waals surface area contributed by atoms with Gasteiger partial charge in [-0.05, 0) is 43.0 Å². The van der Waals surface area contributed by atoms with Gasteiger partial charge in [-0.25, -0.2) is 18.8 Å². The van der Waals surface area contributed by atoms with E-state index in [4.69, 9.17) is 94.7 Å². The fourth-order valence-electron chi connectivity index (χ4n) is 15.1. The monoisotopic (exact) mass is 2000 g/mol. The first-order valence-corrected chi connectivity index (χ1v) is 44.4. The zero-order valence-electron chi connectivity index (χ0n) is 80.1. The third kappa shape index (κ3) is 34.7. The van der Waals surface area contributed by atoms with Gasteiger partial charge in [0, 0.05) is 89.0 Å². The molecule has 1 aliphatic carbocycles. The fourth-order valence-corrected chi connectivity index (χ4v) is 15.1. The molecular weight excluding hydrogens is 1890 g/mol. The number of benzene rings is 2. The summed E-state index contributed by atoms with van der Waals surface area (Å²) in [7, 11) is 0. The van der Waals surface area contributed by atoms with Crippen LogP contribution in [0.4, 0.5) is 4.79 Å². The number of amides is 6. The lowest BCUT2D eigenvalue weighted by molar-refractivity contribution is -0.308. The molecule has 0 spiro atoms. The smallest absolute Gasteiger partial charge is 0.407 e. The summed E-state index contributed by atoms with van der Waals surface area (Å²) in [5.41, 5.74) is 2.29. The SMILES string of the molecule is CC(=O)OC[C@H]1O[C@H](OCCn2cc(CNC(=O)[C@H](CC(=O)N[C@@H](CC(=O)OC(C)(C)C)C(=O)NCc3cn(CCO[C@H]4O[C@H](COC(C)=O)[C@@H](OC(C)=O)[C@H](OC(C)=O)[C@@H]4OC(C)=O)nn3)NC(=O)C[C@H](NC(=O)OCC3c4ccccc4-c4ccccc43)C(=O)NCc3cn(CCO[C@H]4O[C@H](COC(C)=O)[C@@H](OC(C)=O)[C@H](OC(C)=O)[C@@H]4OC(C)=O)nn3)nn2)[C@@H](OC(C)=O)[C@@H](OC(C)=O)[C@@H]1OC(C)=O. The van der Waals surface area contributed by atoms with Gasteiger partial charge in [-0.1, -0.05) is 64.2 Å². The first kappa shape index (κ1) is 111. The molecular formula is C88H113N15O39. The van der Waals surface area contributed by atoms with E-state index in [2.05, 4.69) is 62.8 Å². The van der Waals surface area contributed by atoms with Crippen LogP contribution in [0.25, 0.3) is 11.1 Å². The zero-order valence-corrected chi connectivity index (χ0v) is 80.1. The van der Waals surface area contributed by atoms with E-state index in [1.807, 2.05) is 36.4 Å². The van der Waals surface area contributed by atoms with E-state index < -0.39 is 294 Å². The molecule has 54 nitrogen and oxygen atoms in total. The average molecular weight is 2000 g/mol. The lowest BCUT2D eigenvalue weighted by Crippen LogP contribution is -2.63. The van der Waals surface area contributed by atoms with Crippen LogP contribution in [0, 0.1) is 0 Å². The van der Waals surface area contributed by atoms with E-state index in [9.17, 15) is 91.1 Å². The van der Waals surface area contributed by atoms with E-state index in [0.29, 0.717) is 0 Å². The Morgan fingerprint density at radius 3 is 0.923 bits per heavy atom. The minimum Gasteiger partial charge on any atom is -0.463 e. The molecule has 142 heavy (non-hydrogen) atoms. The molecule has 0 unspecified atom stereocenters. The van der Waals surface area contributed by atoms with Crippen LogP contribution in [0.15, 0.2) is 67.1 Å². The molecule has 0 saturated carbocycles. The highest BCUT2D eigenvalue weighted by Crippen LogP contribution is 2.45. The van der Waals surface area contributed by atoms with Crippen molar-refractivity contribution in [2.45, 2.75) is 284 Å². The molecule has 0 radical (unpaired) electrons. The van der Waals surface area contributed by atoms with Crippen LogP contribution in [0.1, 0.15) is 157 Å². The molecule has 6 heterocycles. The van der Waals surface area contributed by atoms with Crippen LogP contribution in [-0.4, -0.2) is 320 Å². The molecule has 6 amide bonds. The summed E-state index contributed by atoms with van der Waals surface area (Å²) in [4.78, 5) is 249. The van der Waals surface area contributed by atoms with Gasteiger partial charge in [0.1, 0.15) is 85.5 Å². The lowest BCUT2D eigenvalue weighted by Gasteiger charge is -2.44. The Bertz CT molecular complexity index is 5300. The number of fused-ring (bicyclic) bond motifs is 3. The summed E-state index contributed by atoms with van der Waals surface area (Å²) in [6.07, 6.45) is -22.9. The molecule has 3 fully saturated rings. The summed E-state index contributed by atoms with van der Waals surface area (Å²) >= 11 is 0. The second kappa shape index (κ2) is 52.6. The molecule has 4 aliphatic rings. The molecule has 18 atom stereocenters. The van der Waals surface area contributed by atoms with Gasteiger partial charge >= 0.3 is 83.7 Å². The van der Waals surface area contributed by atoms with Crippen LogP contribution < -0.4 is 31.9 Å². The minimum atomic E-state index is -2.02. The maximum atomic E-state index is 14.9. The van der Waals surface area contributed by atoms with Crippen molar-refractivity contribution in [3.63, 3.8) is 0 Å². The van der Waals surface area contributed by atoms with Crippen LogP contribution in [0.2, 0.25) is 0 Å². The Balaban J connectivity index is 0.953. The molecule has 774 valence electrons. The van der Waals surface area contributed by atoms with Gasteiger partial charge in [0.15, 0.2) is 73.8 Å². The maximum absolute atomic E-state index is 14.9. The van der Waals surface area contributed by atoms with Gasteiger partial charge in [-0.15, -0.1) is 15.3 Å². The first-order valence-electron chi connectivity index (χ1n) is 44.4. The van der Waals surface area contributed by atoms with Crippen molar-refractivity contribution < 1.29 is 186 Å². The average Bonchev–Trinajstić information content (AvgIpc) is 1.68. The minimum absolute atomic E-state index is 0.00135. The molecule has 3 saturated heterocycles. The number of hydrogen-bond acceptors (Lipinski definition) is 45. The lowest BCUT2D eigenvalue weighted by atomic mass is 9.98. The Morgan fingerprint density at radius 2 is 0.627 bits per heavy atom. The molecule has 6 N–H and O–H groups in total. The normalized spacial score (nSPS) is 21.7. The highest BCUT2D eigenvalue weighted by atomic mass is 16.8. The number of carbonyl (C=O) groups is 19. The van der Waals surface area contributed by atoms with E-state index in [0.717, 1.165) is 105 Å². The number of alkyl carbamates (subject to hydrolysis) is 1. The van der Waals surface area contributed by atoms with Crippen LogP contribution in [0.3, 0.4) is 0 Å². The molecule has 3 aromatic heterocycles. The van der Waals surface area contributed by atoms with Crippen LogP contribution in [0.5, 0.6) is 0 Å². The van der Waals surface area contributed by atoms with Crippen LogP contribution >= 0.6 is 0 Å². The molecule has 0 bridgehead atoms. The van der Waals surface area contributed by atoms with Gasteiger partial charge < -0.3 is 127 Å². The van der Waals surface area contributed by atoms with Crippen molar-refractivity contribution in [2.24, 2.45) is 0 Å². The van der Waals surface area contributed by atoms with Crippen molar-refractivity contribution in [3.05, 3.63) is 95.3 Å².